The summed E-state index contributed by atoms with van der Waals surface area (Å²) in [4.78, 5) is 13.6. The predicted molar refractivity (Wildman–Crippen MR) is 119 cm³/mol. The maximum absolute atomic E-state index is 15.5. The summed E-state index contributed by atoms with van der Waals surface area (Å²) in [7, 11) is 1.46. The van der Waals surface area contributed by atoms with Crippen LogP contribution in [0.1, 0.15) is 45.6 Å². The van der Waals surface area contributed by atoms with Gasteiger partial charge < -0.3 is 25.3 Å². The first-order chi connectivity index (χ1) is 14.6. The number of fused-ring (bicyclic) bond motifs is 1. The maximum Gasteiger partial charge on any atom is 0.337 e. The third kappa shape index (κ3) is 3.70. The molecule has 0 amide bonds. The number of quaternary nitrogens is 1. The van der Waals surface area contributed by atoms with Crippen molar-refractivity contribution in [3.63, 3.8) is 0 Å². The van der Waals surface area contributed by atoms with E-state index in [0.717, 1.165) is 13.0 Å². The van der Waals surface area contributed by atoms with Crippen molar-refractivity contribution in [3.05, 3.63) is 34.4 Å². The summed E-state index contributed by atoms with van der Waals surface area (Å²) in [6.45, 7) is 8.54. The Kier molecular flexibility index (Phi) is 5.52. The number of hydroxylamine groups is 2. The van der Waals surface area contributed by atoms with E-state index < -0.39 is 16.4 Å². The molecule has 2 fully saturated rings. The van der Waals surface area contributed by atoms with Crippen molar-refractivity contribution in [2.45, 2.75) is 58.5 Å². The first kappa shape index (κ1) is 22.0. The van der Waals surface area contributed by atoms with Crippen molar-refractivity contribution >= 4 is 17.3 Å². The average molecular weight is 434 g/mol. The van der Waals surface area contributed by atoms with E-state index in [4.69, 9.17) is 4.74 Å². The van der Waals surface area contributed by atoms with E-state index in [9.17, 15) is 15.1 Å². The highest BCUT2D eigenvalue weighted by Gasteiger charge is 2.47. The minimum absolute atomic E-state index is 0.0104. The van der Waals surface area contributed by atoms with Gasteiger partial charge in [0.25, 0.3) is 0 Å². The number of methoxy groups -OCH3 is 1. The van der Waals surface area contributed by atoms with Gasteiger partial charge in [0, 0.05) is 44.0 Å². The maximum atomic E-state index is 15.5. The van der Waals surface area contributed by atoms with Gasteiger partial charge in [0.2, 0.25) is 5.75 Å². The van der Waals surface area contributed by atoms with Gasteiger partial charge in [-0.3, -0.25) is 4.65 Å². The van der Waals surface area contributed by atoms with E-state index in [0.29, 0.717) is 48.9 Å². The normalized spacial score (nSPS) is 27.5. The molecule has 8 heteroatoms. The molecule has 0 radical (unpaired) electrons. The topological polar surface area (TPSA) is 84.9 Å². The van der Waals surface area contributed by atoms with E-state index in [2.05, 4.69) is 26.1 Å². The molecule has 3 aliphatic rings. The lowest BCUT2D eigenvalue weighted by atomic mass is 9.78. The number of aliphatic carboxylic acids is 1. The molecule has 170 valence electrons. The number of carboxylic acids is 1. The molecule has 2 atom stereocenters. The highest BCUT2D eigenvalue weighted by atomic mass is 19.1. The van der Waals surface area contributed by atoms with Crippen LogP contribution in [-0.2, 0) is 11.2 Å². The number of benzene rings is 1. The minimum Gasteiger partial charge on any atom is -0.622 e. The summed E-state index contributed by atoms with van der Waals surface area (Å²) >= 11 is 0. The molecule has 7 nitrogen and oxygen atoms in total. The van der Waals surface area contributed by atoms with Gasteiger partial charge in [0.05, 0.1) is 18.7 Å². The van der Waals surface area contributed by atoms with Gasteiger partial charge in [-0.1, -0.05) is 20.8 Å². The molecule has 2 N–H and O–H groups in total. The van der Waals surface area contributed by atoms with Gasteiger partial charge in [-0.15, -0.1) is 0 Å². The zero-order valence-corrected chi connectivity index (χ0v) is 18.7. The molecule has 31 heavy (non-hydrogen) atoms. The number of nitrogens with zero attached hydrogens (tertiary/aromatic N) is 2. The molecule has 2 unspecified atom stereocenters. The van der Waals surface area contributed by atoms with Gasteiger partial charge in [-0.05, 0) is 24.4 Å². The molecule has 1 aromatic rings. The standard InChI is InChI=1S/C23H32FN3O4/c1-5-25-18-8-9-26(13-23(18,2)3)19-17(24)11-14-10-15(22(28)29)12-27(30,16-6-7-16)20(14)21(19)31-4/h11-12,16,18,25H,5-10,13H2,1-4H3,(H,28,29). The number of hydrogen-bond donors (Lipinski definition) is 2. The van der Waals surface area contributed by atoms with Crippen LogP contribution in [0.15, 0.2) is 17.8 Å². The SMILES string of the molecule is CCNC1CCN(c2c(F)cc3c(c2OC)[N+]([O-])(C2CC2)C=C(C(=O)O)C3)CC1(C)C. The Balaban J connectivity index is 1.81. The van der Waals surface area contributed by atoms with Gasteiger partial charge in [-0.2, -0.15) is 0 Å². The van der Waals surface area contributed by atoms with Crippen LogP contribution < -0.4 is 19.6 Å². The Morgan fingerprint density at radius 1 is 1.42 bits per heavy atom. The Morgan fingerprint density at radius 2 is 2.13 bits per heavy atom. The van der Waals surface area contributed by atoms with Crippen molar-refractivity contribution in [3.8, 4) is 5.75 Å². The van der Waals surface area contributed by atoms with E-state index in [1.165, 1.54) is 19.4 Å². The van der Waals surface area contributed by atoms with E-state index in [1.807, 2.05) is 4.90 Å². The predicted octanol–water partition coefficient (Wildman–Crippen LogP) is 3.54. The fraction of sp³-hybridized carbons (Fsp3) is 0.609. The summed E-state index contributed by atoms with van der Waals surface area (Å²) in [5.74, 6) is -1.36. The van der Waals surface area contributed by atoms with Crippen molar-refractivity contribution in [1.29, 1.82) is 0 Å². The second-order valence-corrected chi connectivity index (χ2v) is 9.63. The molecule has 4 rings (SSSR count). The van der Waals surface area contributed by atoms with Gasteiger partial charge >= 0.3 is 5.97 Å². The number of carbonyl (C=O) groups is 1. The molecule has 0 bridgehead atoms. The fourth-order valence-corrected chi connectivity index (χ4v) is 5.26. The first-order valence-corrected chi connectivity index (χ1v) is 11.0. The quantitative estimate of drug-likeness (QED) is 0.527. The van der Waals surface area contributed by atoms with E-state index in [-0.39, 0.29) is 29.2 Å². The lowest BCUT2D eigenvalue weighted by molar-refractivity contribution is -0.132. The zero-order valence-electron chi connectivity index (χ0n) is 18.7. The molecule has 2 heterocycles. The molecule has 1 aliphatic carbocycles. The van der Waals surface area contributed by atoms with Crippen LogP contribution in [0, 0.1) is 16.4 Å². The largest absolute Gasteiger partial charge is 0.622 e. The highest BCUT2D eigenvalue weighted by Crippen LogP contribution is 2.53. The fourth-order valence-electron chi connectivity index (χ4n) is 5.26. The van der Waals surface area contributed by atoms with Gasteiger partial charge in [0.1, 0.15) is 11.9 Å². The number of carboxylic acid groups (broad SMARTS) is 1. The Labute approximate surface area is 182 Å². The summed E-state index contributed by atoms with van der Waals surface area (Å²) in [5.41, 5.74) is 0.990. The Morgan fingerprint density at radius 3 is 2.68 bits per heavy atom. The zero-order chi connectivity index (χ0) is 22.6. The summed E-state index contributed by atoms with van der Waals surface area (Å²) < 4.78 is 20.3. The van der Waals surface area contributed by atoms with Crippen molar-refractivity contribution in [2.75, 3.05) is 31.6 Å². The number of piperidine rings is 1. The molecular formula is C23H32FN3O4. The molecule has 0 aromatic heterocycles. The number of halogens is 1. The first-order valence-electron chi connectivity index (χ1n) is 11.0. The van der Waals surface area contributed by atoms with Crippen LogP contribution in [0.3, 0.4) is 0 Å². The van der Waals surface area contributed by atoms with Gasteiger partial charge in [-0.25, -0.2) is 9.18 Å². The smallest absolute Gasteiger partial charge is 0.337 e. The highest BCUT2D eigenvalue weighted by molar-refractivity contribution is 5.90. The molecule has 2 aliphatic heterocycles. The number of ether oxygens (including phenoxy) is 1. The molecular weight excluding hydrogens is 401 g/mol. The minimum atomic E-state index is -1.14. The Bertz CT molecular complexity index is 928. The van der Waals surface area contributed by atoms with E-state index in [1.54, 1.807) is 0 Å². The van der Waals surface area contributed by atoms with Crippen LogP contribution in [0.2, 0.25) is 0 Å². The van der Waals surface area contributed by atoms with Crippen molar-refractivity contribution in [1.82, 2.24) is 9.96 Å². The second kappa shape index (κ2) is 7.76. The second-order valence-electron chi connectivity index (χ2n) is 9.63. The summed E-state index contributed by atoms with van der Waals surface area (Å²) in [5, 5.41) is 27.0. The van der Waals surface area contributed by atoms with Crippen molar-refractivity contribution < 1.29 is 19.0 Å². The number of anilines is 1. The van der Waals surface area contributed by atoms with Crippen LogP contribution in [0.25, 0.3) is 0 Å². The lowest BCUT2D eigenvalue weighted by Crippen LogP contribution is -2.54. The number of rotatable bonds is 6. The van der Waals surface area contributed by atoms with Gasteiger partial charge in [0.15, 0.2) is 11.5 Å². The molecule has 1 saturated heterocycles. The lowest BCUT2D eigenvalue weighted by Gasteiger charge is -2.47. The Hall–Kier alpha value is -2.16. The summed E-state index contributed by atoms with van der Waals surface area (Å²) in [6, 6.07) is 1.42. The van der Waals surface area contributed by atoms with Crippen LogP contribution >= 0.6 is 0 Å². The molecule has 1 aromatic carbocycles. The third-order valence-electron chi connectivity index (χ3n) is 6.90. The van der Waals surface area contributed by atoms with E-state index >= 15 is 4.39 Å². The monoisotopic (exact) mass is 433 g/mol. The van der Waals surface area contributed by atoms with Crippen molar-refractivity contribution in [2.24, 2.45) is 5.41 Å². The number of nitrogens with one attached hydrogen (secondary N) is 1. The molecule has 0 spiro atoms. The van der Waals surface area contributed by atoms with Crippen LogP contribution in [-0.4, -0.2) is 49.9 Å². The van der Waals surface area contributed by atoms with Crippen LogP contribution in [0.4, 0.5) is 15.8 Å². The third-order valence-corrected chi connectivity index (χ3v) is 6.90. The summed E-state index contributed by atoms with van der Waals surface area (Å²) in [6.07, 6.45) is 3.57. The van der Waals surface area contributed by atoms with Crippen LogP contribution in [0.5, 0.6) is 5.75 Å². The average Bonchev–Trinajstić information content (AvgIpc) is 3.54. The number of hydrogen-bond acceptors (Lipinski definition) is 5. The molecule has 1 saturated carbocycles.